The van der Waals surface area contributed by atoms with Crippen LogP contribution in [0.1, 0.15) is 77.3 Å². The molecular weight excluding hydrogens is 344 g/mol. The third kappa shape index (κ3) is 5.31. The highest BCUT2D eigenvalue weighted by atomic mass is 16.3. The molecule has 0 atom stereocenters. The van der Waals surface area contributed by atoms with Gasteiger partial charge in [0.2, 0.25) is 5.88 Å². The first-order chi connectivity index (χ1) is 13.0. The zero-order valence-corrected chi connectivity index (χ0v) is 17.0. The van der Waals surface area contributed by atoms with Gasteiger partial charge in [0.25, 0.3) is 5.56 Å². The van der Waals surface area contributed by atoms with Crippen LogP contribution in [0.15, 0.2) is 14.6 Å². The Bertz CT molecular complexity index is 741. The molecule has 0 spiro atoms. The molecule has 1 aliphatic carbocycles. The number of aliphatic imine (C=N–C) groups is 1. The zero-order valence-electron chi connectivity index (χ0n) is 17.0. The topological polar surface area (TPSA) is 90.7 Å². The minimum absolute atomic E-state index is 0.0531. The Hall–Kier alpha value is -1.89. The minimum Gasteiger partial charge on any atom is -0.494 e. The smallest absolute Gasteiger partial charge is 0.331 e. The van der Waals surface area contributed by atoms with E-state index in [1.54, 1.807) is 0 Å². The summed E-state index contributed by atoms with van der Waals surface area (Å²) in [6.07, 6.45) is 6.34. The summed E-state index contributed by atoms with van der Waals surface area (Å²) < 4.78 is 1.37. The average molecular weight is 379 g/mol. The molecule has 2 N–H and O–H groups in total. The highest BCUT2D eigenvalue weighted by Crippen LogP contribution is 2.30. The molecule has 1 saturated carbocycles. The minimum atomic E-state index is -0.547. The van der Waals surface area contributed by atoms with Crippen LogP contribution in [0.4, 0.5) is 0 Å². The number of rotatable bonds is 9. The molecule has 0 bridgehead atoms. The number of nitrogens with one attached hydrogen (secondary N) is 1. The fraction of sp³-hybridized carbons (Fsp3) is 0.750. The van der Waals surface area contributed by atoms with E-state index in [2.05, 4.69) is 28.7 Å². The third-order valence-electron chi connectivity index (χ3n) is 5.51. The molecule has 0 saturated heterocycles. The Morgan fingerprint density at radius 3 is 2.44 bits per heavy atom. The molecular formula is C20H34N4O3. The van der Waals surface area contributed by atoms with Gasteiger partial charge in [-0.3, -0.25) is 19.3 Å². The number of hydrogen-bond acceptors (Lipinski definition) is 5. The molecule has 152 valence electrons. The maximum atomic E-state index is 12.4. The number of aromatic amines is 1. The molecule has 0 aliphatic heterocycles. The van der Waals surface area contributed by atoms with E-state index in [1.807, 2.05) is 6.92 Å². The number of aromatic nitrogens is 2. The maximum absolute atomic E-state index is 12.4. The number of H-pyrrole nitrogens is 1. The van der Waals surface area contributed by atoms with Crippen LogP contribution in [0.3, 0.4) is 0 Å². The van der Waals surface area contributed by atoms with Crippen molar-refractivity contribution in [2.75, 3.05) is 26.2 Å². The molecule has 27 heavy (non-hydrogen) atoms. The average Bonchev–Trinajstić information content (AvgIpc) is 2.67. The first-order valence-electron chi connectivity index (χ1n) is 10.4. The standard InChI is InChI=1S/C20H34N4O3/c1-4-16(21-13-10-14-23(5-2)6-3)17-18(25)22-20(27)24(19(17)26)15-11-8-7-9-12-15/h15,26H,4-14H2,1-3H3,(H,22,25,27). The van der Waals surface area contributed by atoms with Gasteiger partial charge in [-0.05, 0) is 45.3 Å². The number of aromatic hydroxyl groups is 1. The predicted octanol–water partition coefficient (Wildman–Crippen LogP) is 2.68. The molecule has 1 fully saturated rings. The largest absolute Gasteiger partial charge is 0.494 e. The lowest BCUT2D eigenvalue weighted by atomic mass is 9.95. The summed E-state index contributed by atoms with van der Waals surface area (Å²) in [4.78, 5) is 34.0. The number of hydrogen-bond donors (Lipinski definition) is 2. The second-order valence-corrected chi connectivity index (χ2v) is 7.18. The normalized spacial score (nSPS) is 16.2. The van der Waals surface area contributed by atoms with E-state index in [-0.39, 0.29) is 17.5 Å². The molecule has 0 unspecified atom stereocenters. The molecule has 1 aromatic heterocycles. The van der Waals surface area contributed by atoms with Crippen molar-refractivity contribution in [1.29, 1.82) is 0 Å². The molecule has 1 heterocycles. The van der Waals surface area contributed by atoms with Crippen LogP contribution in [0, 0.1) is 0 Å². The van der Waals surface area contributed by atoms with Gasteiger partial charge in [-0.25, -0.2) is 4.79 Å². The molecule has 0 amide bonds. The van der Waals surface area contributed by atoms with Crippen molar-refractivity contribution >= 4 is 5.71 Å². The molecule has 0 aromatic carbocycles. The van der Waals surface area contributed by atoms with Gasteiger partial charge >= 0.3 is 5.69 Å². The van der Waals surface area contributed by atoms with Crippen molar-refractivity contribution in [3.63, 3.8) is 0 Å². The lowest BCUT2D eigenvalue weighted by Gasteiger charge is -2.25. The SMILES string of the molecule is CCC(=NCCCN(CC)CC)c1c(O)n(C2CCCCC2)c(=O)[nH]c1=O. The van der Waals surface area contributed by atoms with Crippen LogP contribution < -0.4 is 11.2 Å². The van der Waals surface area contributed by atoms with Crippen LogP contribution in [-0.4, -0.2) is 51.4 Å². The third-order valence-corrected chi connectivity index (χ3v) is 5.51. The van der Waals surface area contributed by atoms with Crippen LogP contribution >= 0.6 is 0 Å². The van der Waals surface area contributed by atoms with Gasteiger partial charge in [0.05, 0.1) is 5.71 Å². The summed E-state index contributed by atoms with van der Waals surface area (Å²) in [5.41, 5.74) is -0.345. The van der Waals surface area contributed by atoms with E-state index in [1.165, 1.54) is 4.57 Å². The Morgan fingerprint density at radius 1 is 1.19 bits per heavy atom. The van der Waals surface area contributed by atoms with E-state index in [0.29, 0.717) is 18.7 Å². The highest BCUT2D eigenvalue weighted by Gasteiger charge is 2.24. The first kappa shape index (κ1) is 21.4. The van der Waals surface area contributed by atoms with E-state index >= 15 is 0 Å². The van der Waals surface area contributed by atoms with Crippen LogP contribution in [0.25, 0.3) is 0 Å². The van der Waals surface area contributed by atoms with Crippen LogP contribution in [0.2, 0.25) is 0 Å². The van der Waals surface area contributed by atoms with E-state index in [9.17, 15) is 14.7 Å². The predicted molar refractivity (Wildman–Crippen MR) is 109 cm³/mol. The van der Waals surface area contributed by atoms with Gasteiger partial charge in [-0.15, -0.1) is 0 Å². The Kier molecular flexibility index (Phi) is 8.28. The second-order valence-electron chi connectivity index (χ2n) is 7.18. The fourth-order valence-corrected chi connectivity index (χ4v) is 3.89. The molecule has 1 aromatic rings. The summed E-state index contributed by atoms with van der Waals surface area (Å²) in [5, 5.41) is 10.8. The van der Waals surface area contributed by atoms with Crippen molar-refractivity contribution in [3.8, 4) is 5.88 Å². The van der Waals surface area contributed by atoms with Crippen molar-refractivity contribution in [2.24, 2.45) is 4.99 Å². The Labute approximate surface area is 161 Å². The first-order valence-corrected chi connectivity index (χ1v) is 10.4. The number of nitrogens with zero attached hydrogens (tertiary/aromatic N) is 3. The Balaban J connectivity index is 2.27. The zero-order chi connectivity index (χ0) is 19.8. The second kappa shape index (κ2) is 10.4. The fourth-order valence-electron chi connectivity index (χ4n) is 3.89. The Morgan fingerprint density at radius 2 is 1.85 bits per heavy atom. The summed E-state index contributed by atoms with van der Waals surface area (Å²) in [6, 6.07) is -0.0531. The van der Waals surface area contributed by atoms with E-state index < -0.39 is 11.2 Å². The molecule has 7 heteroatoms. The molecule has 1 aliphatic rings. The van der Waals surface area contributed by atoms with Gasteiger partial charge < -0.3 is 10.0 Å². The lowest BCUT2D eigenvalue weighted by Crippen LogP contribution is -2.36. The van der Waals surface area contributed by atoms with Gasteiger partial charge in [0, 0.05) is 12.6 Å². The van der Waals surface area contributed by atoms with E-state index in [0.717, 1.165) is 58.2 Å². The van der Waals surface area contributed by atoms with Crippen molar-refractivity contribution in [3.05, 3.63) is 26.4 Å². The summed E-state index contributed by atoms with van der Waals surface area (Å²) >= 11 is 0. The lowest BCUT2D eigenvalue weighted by molar-refractivity contribution is 0.298. The summed E-state index contributed by atoms with van der Waals surface area (Å²) in [7, 11) is 0. The van der Waals surface area contributed by atoms with Crippen LogP contribution in [0.5, 0.6) is 5.88 Å². The van der Waals surface area contributed by atoms with Gasteiger partial charge in [-0.1, -0.05) is 40.0 Å². The van der Waals surface area contributed by atoms with Crippen molar-refractivity contribution < 1.29 is 5.11 Å². The van der Waals surface area contributed by atoms with Crippen molar-refractivity contribution in [1.82, 2.24) is 14.5 Å². The molecule has 7 nitrogen and oxygen atoms in total. The van der Waals surface area contributed by atoms with Crippen molar-refractivity contribution in [2.45, 2.75) is 71.8 Å². The molecule has 2 rings (SSSR count). The molecule has 0 radical (unpaired) electrons. The van der Waals surface area contributed by atoms with Crippen LogP contribution in [-0.2, 0) is 0 Å². The summed E-state index contributed by atoms with van der Waals surface area (Å²) in [5.74, 6) is -0.222. The highest BCUT2D eigenvalue weighted by molar-refractivity contribution is 6.01. The van der Waals surface area contributed by atoms with Gasteiger partial charge in [-0.2, -0.15) is 0 Å². The monoisotopic (exact) mass is 378 g/mol. The van der Waals surface area contributed by atoms with Gasteiger partial charge in [0.1, 0.15) is 5.56 Å². The van der Waals surface area contributed by atoms with Gasteiger partial charge in [0.15, 0.2) is 0 Å². The summed E-state index contributed by atoms with van der Waals surface area (Å²) in [6.45, 7) is 9.75. The quantitative estimate of drug-likeness (QED) is 0.510. The maximum Gasteiger partial charge on any atom is 0.331 e. The van der Waals surface area contributed by atoms with E-state index in [4.69, 9.17) is 0 Å².